The van der Waals surface area contributed by atoms with Gasteiger partial charge in [0.1, 0.15) is 6.26 Å². The average molecular weight is 425 g/mol. The Hall–Kier alpha value is -2.87. The lowest BCUT2D eigenvalue weighted by atomic mass is 10.2. The summed E-state index contributed by atoms with van der Waals surface area (Å²) in [6, 6.07) is 9.83. The van der Waals surface area contributed by atoms with Crippen molar-refractivity contribution in [2.75, 3.05) is 46.3 Å². The van der Waals surface area contributed by atoms with E-state index in [2.05, 4.69) is 25.1 Å². The number of rotatable bonds is 5. The van der Waals surface area contributed by atoms with Gasteiger partial charge in [0.15, 0.2) is 5.96 Å². The number of hydrogen-bond acceptors (Lipinski definition) is 5. The molecular weight excluding hydrogens is 392 g/mol. The summed E-state index contributed by atoms with van der Waals surface area (Å²) in [5.41, 5.74) is 1.80. The summed E-state index contributed by atoms with van der Waals surface area (Å²) >= 11 is 0. The molecule has 0 radical (unpaired) electrons. The van der Waals surface area contributed by atoms with E-state index in [0.717, 1.165) is 69.3 Å². The molecule has 31 heavy (non-hydrogen) atoms. The monoisotopic (exact) mass is 424 g/mol. The van der Waals surface area contributed by atoms with Gasteiger partial charge in [-0.25, -0.2) is 4.98 Å². The number of amides is 1. The Kier molecular flexibility index (Phi) is 6.86. The number of hydrogen-bond donors (Lipinski definition) is 1. The van der Waals surface area contributed by atoms with Gasteiger partial charge in [-0.2, -0.15) is 0 Å². The van der Waals surface area contributed by atoms with Crippen molar-refractivity contribution >= 4 is 11.9 Å². The van der Waals surface area contributed by atoms with Crippen molar-refractivity contribution in [1.29, 1.82) is 0 Å². The van der Waals surface area contributed by atoms with Crippen LogP contribution < -0.4 is 5.32 Å². The minimum absolute atomic E-state index is 0.0539. The molecule has 3 heterocycles. The zero-order valence-electron chi connectivity index (χ0n) is 18.5. The third-order valence-corrected chi connectivity index (χ3v) is 6.15. The maximum absolute atomic E-state index is 12.7. The number of carbonyl (C=O) groups is 1. The Labute approximate surface area is 183 Å². The van der Waals surface area contributed by atoms with Gasteiger partial charge in [-0.15, -0.1) is 0 Å². The van der Waals surface area contributed by atoms with E-state index in [1.807, 2.05) is 42.2 Å². The van der Waals surface area contributed by atoms with Gasteiger partial charge in [0.05, 0.1) is 18.3 Å². The van der Waals surface area contributed by atoms with Crippen molar-refractivity contribution in [3.8, 4) is 11.5 Å². The molecule has 8 nitrogen and oxygen atoms in total. The third kappa shape index (κ3) is 5.07. The van der Waals surface area contributed by atoms with Gasteiger partial charge in [0, 0.05) is 51.9 Å². The van der Waals surface area contributed by atoms with Crippen LogP contribution in [0.1, 0.15) is 25.5 Å². The van der Waals surface area contributed by atoms with Crippen LogP contribution in [-0.2, 0) is 11.3 Å². The number of benzene rings is 1. The van der Waals surface area contributed by atoms with E-state index in [1.54, 1.807) is 13.3 Å². The highest BCUT2D eigenvalue weighted by molar-refractivity contribution is 5.82. The zero-order chi connectivity index (χ0) is 21.6. The van der Waals surface area contributed by atoms with Gasteiger partial charge in [-0.1, -0.05) is 18.2 Å². The van der Waals surface area contributed by atoms with Crippen molar-refractivity contribution in [2.24, 2.45) is 4.99 Å². The average Bonchev–Trinajstić information content (AvgIpc) is 3.52. The summed E-state index contributed by atoms with van der Waals surface area (Å²) in [6.07, 6.45) is 3.95. The van der Waals surface area contributed by atoms with Gasteiger partial charge >= 0.3 is 0 Å². The molecule has 1 unspecified atom stereocenters. The minimum Gasteiger partial charge on any atom is -0.444 e. The highest BCUT2D eigenvalue weighted by Crippen LogP contribution is 2.18. The molecule has 0 bridgehead atoms. The van der Waals surface area contributed by atoms with E-state index in [0.29, 0.717) is 12.4 Å². The van der Waals surface area contributed by atoms with Crippen LogP contribution in [0.25, 0.3) is 11.5 Å². The lowest BCUT2D eigenvalue weighted by Crippen LogP contribution is -2.57. The van der Waals surface area contributed by atoms with E-state index in [1.165, 1.54) is 0 Å². The van der Waals surface area contributed by atoms with Crippen LogP contribution in [0.3, 0.4) is 0 Å². The van der Waals surface area contributed by atoms with Crippen LogP contribution in [0.2, 0.25) is 0 Å². The second-order valence-electron chi connectivity index (χ2n) is 8.14. The molecule has 0 aliphatic carbocycles. The highest BCUT2D eigenvalue weighted by Gasteiger charge is 2.30. The highest BCUT2D eigenvalue weighted by atomic mass is 16.3. The Morgan fingerprint density at radius 3 is 2.48 bits per heavy atom. The van der Waals surface area contributed by atoms with E-state index < -0.39 is 0 Å². The number of oxazole rings is 1. The first-order valence-electron chi connectivity index (χ1n) is 11.1. The maximum Gasteiger partial charge on any atom is 0.239 e. The summed E-state index contributed by atoms with van der Waals surface area (Å²) in [6.45, 7) is 7.79. The molecule has 1 N–H and O–H groups in total. The van der Waals surface area contributed by atoms with Crippen molar-refractivity contribution < 1.29 is 9.21 Å². The summed E-state index contributed by atoms with van der Waals surface area (Å²) < 4.78 is 5.62. The molecule has 2 aliphatic rings. The minimum atomic E-state index is -0.0539. The summed E-state index contributed by atoms with van der Waals surface area (Å²) in [5, 5.41) is 3.39. The molecular formula is C23H32N6O2. The van der Waals surface area contributed by atoms with Crippen LogP contribution in [0.5, 0.6) is 0 Å². The van der Waals surface area contributed by atoms with Crippen molar-refractivity contribution in [1.82, 2.24) is 25.0 Å². The second-order valence-corrected chi connectivity index (χ2v) is 8.14. The molecule has 2 aromatic rings. The number of carbonyl (C=O) groups excluding carboxylic acids is 1. The van der Waals surface area contributed by atoms with Crippen LogP contribution in [-0.4, -0.2) is 83.9 Å². The maximum atomic E-state index is 12.7. The lowest BCUT2D eigenvalue weighted by Gasteiger charge is -2.39. The van der Waals surface area contributed by atoms with E-state index in [4.69, 9.17) is 4.42 Å². The van der Waals surface area contributed by atoms with E-state index >= 15 is 0 Å². The SMILES string of the molecule is CN=C(NCc1coc(-c2ccccc2)n1)N1CCN(C(C)C(=O)N2CCCC2)CC1. The fourth-order valence-corrected chi connectivity index (χ4v) is 4.28. The van der Waals surface area contributed by atoms with Gasteiger partial charge in [0.2, 0.25) is 11.8 Å². The van der Waals surface area contributed by atoms with Crippen molar-refractivity contribution in [3.63, 3.8) is 0 Å². The van der Waals surface area contributed by atoms with Crippen LogP contribution >= 0.6 is 0 Å². The van der Waals surface area contributed by atoms with Crippen LogP contribution in [0, 0.1) is 0 Å². The largest absolute Gasteiger partial charge is 0.444 e. The quantitative estimate of drug-likeness (QED) is 0.585. The first-order chi connectivity index (χ1) is 15.2. The first-order valence-corrected chi connectivity index (χ1v) is 11.1. The molecule has 1 atom stereocenters. The molecule has 0 saturated carbocycles. The van der Waals surface area contributed by atoms with Crippen LogP contribution in [0.4, 0.5) is 0 Å². The summed E-state index contributed by atoms with van der Waals surface area (Å²) in [4.78, 5) is 28.2. The van der Waals surface area contributed by atoms with Crippen molar-refractivity contribution in [3.05, 3.63) is 42.3 Å². The zero-order valence-corrected chi connectivity index (χ0v) is 18.5. The Morgan fingerprint density at radius 1 is 1.10 bits per heavy atom. The molecule has 4 rings (SSSR count). The number of piperazine rings is 1. The van der Waals surface area contributed by atoms with Gasteiger partial charge in [-0.3, -0.25) is 14.7 Å². The smallest absolute Gasteiger partial charge is 0.239 e. The third-order valence-electron chi connectivity index (χ3n) is 6.15. The number of nitrogens with one attached hydrogen (secondary N) is 1. The summed E-state index contributed by atoms with van der Waals surface area (Å²) in [5.74, 6) is 1.74. The van der Waals surface area contributed by atoms with Gasteiger partial charge in [0.25, 0.3) is 0 Å². The number of likely N-dealkylation sites (tertiary alicyclic amines) is 1. The Morgan fingerprint density at radius 2 is 1.81 bits per heavy atom. The molecule has 2 aliphatic heterocycles. The Bertz CT molecular complexity index is 882. The fourth-order valence-electron chi connectivity index (χ4n) is 4.28. The fraction of sp³-hybridized carbons (Fsp3) is 0.522. The normalized spacial score (nSPS) is 19.0. The number of aromatic nitrogens is 1. The molecule has 166 valence electrons. The van der Waals surface area contributed by atoms with E-state index in [9.17, 15) is 4.79 Å². The van der Waals surface area contributed by atoms with Gasteiger partial charge in [-0.05, 0) is 31.9 Å². The molecule has 1 amide bonds. The van der Waals surface area contributed by atoms with Crippen molar-refractivity contribution in [2.45, 2.75) is 32.4 Å². The molecule has 2 saturated heterocycles. The lowest BCUT2D eigenvalue weighted by molar-refractivity contribution is -0.135. The van der Waals surface area contributed by atoms with E-state index in [-0.39, 0.29) is 11.9 Å². The number of guanidine groups is 1. The molecule has 0 spiro atoms. The Balaban J connectivity index is 1.27. The molecule has 8 heteroatoms. The number of aliphatic imine (C=N–C) groups is 1. The molecule has 1 aromatic carbocycles. The first kappa shape index (κ1) is 21.4. The predicted molar refractivity (Wildman–Crippen MR) is 121 cm³/mol. The molecule has 1 aromatic heterocycles. The molecule has 2 fully saturated rings. The topological polar surface area (TPSA) is 77.2 Å². The second kappa shape index (κ2) is 9.96. The van der Waals surface area contributed by atoms with Gasteiger partial charge < -0.3 is 19.5 Å². The predicted octanol–water partition coefficient (Wildman–Crippen LogP) is 2.05. The standard InChI is InChI=1S/C23H32N6O2/c1-18(22(30)28-10-6-7-11-28)27-12-14-29(15-13-27)23(24-2)25-16-20-17-31-21(26-20)19-8-4-3-5-9-19/h3-5,8-9,17-18H,6-7,10-16H2,1-2H3,(H,24,25). The summed E-state index contributed by atoms with van der Waals surface area (Å²) in [7, 11) is 1.80. The van der Waals surface area contributed by atoms with Crippen LogP contribution in [0.15, 0.2) is 46.0 Å². The number of nitrogens with zero attached hydrogens (tertiary/aromatic N) is 5.